The molecule has 0 rings (SSSR count). The fourth-order valence-electron chi connectivity index (χ4n) is 0.559. The third-order valence-electron chi connectivity index (χ3n) is 1.21. The summed E-state index contributed by atoms with van der Waals surface area (Å²) in [4.78, 5) is 43.0. The fraction of sp³-hybridized carbons (Fsp3) is 0.200. The summed E-state index contributed by atoms with van der Waals surface area (Å²) >= 11 is 0. The third kappa shape index (κ3) is 7.34. The van der Waals surface area contributed by atoms with Crippen LogP contribution in [0.3, 0.4) is 0 Å². The van der Waals surface area contributed by atoms with Crippen LogP contribution in [0.25, 0.3) is 0 Å². The van der Waals surface area contributed by atoms with Crippen molar-refractivity contribution in [1.29, 1.82) is 0 Å². The molecular weight excluding hydrogens is 236 g/mol. The molecule has 17 heavy (non-hydrogen) atoms. The highest BCUT2D eigenvalue weighted by atomic mass is 16.2. The summed E-state index contributed by atoms with van der Waals surface area (Å²) in [5, 5.41) is 0. The van der Waals surface area contributed by atoms with Gasteiger partial charge in [0.1, 0.15) is 6.42 Å². The minimum absolute atomic E-state index is 0.629. The highest BCUT2D eigenvalue weighted by Gasteiger charge is 2.10. The van der Waals surface area contributed by atoms with E-state index >= 15 is 0 Å². The van der Waals surface area contributed by atoms with Gasteiger partial charge in [-0.1, -0.05) is 0 Å². The number of hydrogen-bond acceptors (Lipinski definition) is 6. The van der Waals surface area contributed by atoms with Gasteiger partial charge in [0.2, 0.25) is 11.8 Å². The Morgan fingerprint density at radius 1 is 0.706 bits per heavy atom. The second-order valence-corrected chi connectivity index (χ2v) is 2.47. The second-order valence-electron chi connectivity index (χ2n) is 2.47. The highest BCUT2D eigenvalue weighted by Crippen LogP contribution is 1.77. The number of carbonyl (C=O) groups excluding carboxylic acids is 4. The molecule has 0 aliphatic carbocycles. The monoisotopic (exact) mass is 248 g/mol. The third-order valence-corrected chi connectivity index (χ3v) is 1.21. The van der Waals surface area contributed by atoms with Gasteiger partial charge in [-0.3, -0.25) is 31.3 Å². The van der Waals surface area contributed by atoms with Crippen LogP contribution in [0, 0.1) is 0 Å². The summed E-state index contributed by atoms with van der Waals surface area (Å²) < 4.78 is 0. The van der Waals surface area contributed by atoms with Crippen molar-refractivity contribution in [1.82, 2.24) is 32.6 Å². The number of hydrazine groups is 4. The van der Waals surface area contributed by atoms with Gasteiger partial charge in [0.05, 0.1) is 0 Å². The Kier molecular flexibility index (Phi) is 6.49. The molecule has 0 spiro atoms. The van der Waals surface area contributed by atoms with E-state index in [1.54, 1.807) is 10.9 Å². The van der Waals surface area contributed by atoms with E-state index in [1.165, 1.54) is 0 Å². The molecule has 10 N–H and O–H groups in total. The summed E-state index contributed by atoms with van der Waals surface area (Å²) in [6, 6.07) is -1.72. The molecule has 12 nitrogen and oxygen atoms in total. The number of carbonyl (C=O) groups is 4. The lowest BCUT2D eigenvalue weighted by Crippen LogP contribution is -2.52. The lowest BCUT2D eigenvalue weighted by atomic mass is 10.4. The highest BCUT2D eigenvalue weighted by molar-refractivity contribution is 5.97. The number of amides is 6. The molecule has 0 radical (unpaired) electrons. The maximum Gasteiger partial charge on any atom is 0.347 e. The SMILES string of the molecule is NNC(=O)NNC(=O)CC(=O)NNC(=O)NN. The van der Waals surface area contributed by atoms with E-state index in [2.05, 4.69) is 0 Å². The zero-order valence-corrected chi connectivity index (χ0v) is 8.49. The van der Waals surface area contributed by atoms with Gasteiger partial charge in [-0.15, -0.1) is 0 Å². The van der Waals surface area contributed by atoms with Crippen molar-refractivity contribution in [3.63, 3.8) is 0 Å². The van der Waals surface area contributed by atoms with Gasteiger partial charge in [-0.2, -0.15) is 0 Å². The van der Waals surface area contributed by atoms with Crippen LogP contribution < -0.4 is 44.2 Å². The van der Waals surface area contributed by atoms with Crippen LogP contribution in [0.5, 0.6) is 0 Å². The normalized spacial score (nSPS) is 8.59. The second kappa shape index (κ2) is 7.66. The predicted octanol–water partition coefficient (Wildman–Crippen LogP) is -4.22. The summed E-state index contributed by atoms with van der Waals surface area (Å²) in [6.45, 7) is 0. The number of rotatable bonds is 2. The predicted molar refractivity (Wildman–Crippen MR) is 52.6 cm³/mol. The Balaban J connectivity index is 3.77. The van der Waals surface area contributed by atoms with E-state index in [0.29, 0.717) is 0 Å². The zero-order valence-electron chi connectivity index (χ0n) is 8.49. The van der Waals surface area contributed by atoms with E-state index in [-0.39, 0.29) is 0 Å². The Morgan fingerprint density at radius 2 is 1.06 bits per heavy atom. The molecule has 0 saturated carbocycles. The van der Waals surface area contributed by atoms with Crippen molar-refractivity contribution in [2.75, 3.05) is 0 Å². The quantitative estimate of drug-likeness (QED) is 0.105. The van der Waals surface area contributed by atoms with Crippen molar-refractivity contribution >= 4 is 23.9 Å². The Morgan fingerprint density at radius 3 is 1.35 bits per heavy atom. The lowest BCUT2D eigenvalue weighted by molar-refractivity contribution is -0.130. The fourth-order valence-corrected chi connectivity index (χ4v) is 0.559. The molecule has 0 unspecified atom stereocenters. The molecule has 6 amide bonds. The van der Waals surface area contributed by atoms with Crippen LogP contribution in [-0.2, 0) is 9.59 Å². The van der Waals surface area contributed by atoms with Crippen molar-refractivity contribution in [2.24, 2.45) is 11.7 Å². The Bertz CT molecular complexity index is 287. The molecule has 0 aromatic rings. The first kappa shape index (κ1) is 14.4. The molecule has 0 fully saturated rings. The van der Waals surface area contributed by atoms with Gasteiger partial charge in [0.15, 0.2) is 0 Å². The minimum atomic E-state index is -0.862. The molecule has 0 heterocycles. The lowest BCUT2D eigenvalue weighted by Gasteiger charge is -2.07. The van der Waals surface area contributed by atoms with Gasteiger partial charge >= 0.3 is 12.1 Å². The van der Waals surface area contributed by atoms with Crippen molar-refractivity contribution in [3.05, 3.63) is 0 Å². The number of nitrogens with two attached hydrogens (primary N) is 2. The van der Waals surface area contributed by atoms with E-state index in [1.807, 2.05) is 21.7 Å². The largest absolute Gasteiger partial charge is 0.347 e. The van der Waals surface area contributed by atoms with Gasteiger partial charge in [-0.25, -0.2) is 32.1 Å². The molecule has 0 bridgehead atoms. The Hall–Kier alpha value is -2.60. The van der Waals surface area contributed by atoms with Crippen LogP contribution in [0.4, 0.5) is 9.59 Å². The van der Waals surface area contributed by atoms with E-state index in [9.17, 15) is 19.2 Å². The topological polar surface area (TPSA) is 192 Å². The van der Waals surface area contributed by atoms with E-state index in [0.717, 1.165) is 0 Å². The van der Waals surface area contributed by atoms with Crippen LogP contribution in [0.2, 0.25) is 0 Å². The maximum atomic E-state index is 11.0. The molecule has 12 heteroatoms. The first-order valence-electron chi connectivity index (χ1n) is 4.10. The van der Waals surface area contributed by atoms with Gasteiger partial charge in [0.25, 0.3) is 0 Å². The van der Waals surface area contributed by atoms with Crippen LogP contribution in [-0.4, -0.2) is 23.9 Å². The summed E-state index contributed by atoms with van der Waals surface area (Å²) in [5.74, 6) is 7.76. The smallest absolute Gasteiger partial charge is 0.275 e. The van der Waals surface area contributed by atoms with Gasteiger partial charge < -0.3 is 0 Å². The van der Waals surface area contributed by atoms with E-state index in [4.69, 9.17) is 11.7 Å². The molecular formula is C5H12N8O4. The molecule has 0 aromatic heterocycles. The van der Waals surface area contributed by atoms with Crippen LogP contribution >= 0.6 is 0 Å². The van der Waals surface area contributed by atoms with Crippen LogP contribution in [0.15, 0.2) is 0 Å². The zero-order chi connectivity index (χ0) is 13.3. The van der Waals surface area contributed by atoms with Crippen molar-refractivity contribution < 1.29 is 19.2 Å². The molecule has 0 aliphatic rings. The van der Waals surface area contributed by atoms with E-state index < -0.39 is 30.3 Å². The summed E-state index contributed by atoms with van der Waals surface area (Å²) in [7, 11) is 0. The summed E-state index contributed by atoms with van der Waals surface area (Å²) in [5.41, 5.74) is 10.8. The number of hydrogen-bond donors (Lipinski definition) is 8. The molecule has 0 aromatic carbocycles. The molecule has 0 aliphatic heterocycles. The number of nitrogens with one attached hydrogen (secondary N) is 6. The number of urea groups is 2. The molecule has 0 saturated heterocycles. The van der Waals surface area contributed by atoms with Gasteiger partial charge in [-0.05, 0) is 0 Å². The standard InChI is InChI=1S/C5H12N8O4/c6-8-4(16)12-10-2(14)1-3(15)11-13-5(17)9-7/h1,6-7H2,(H,10,14)(H,11,15)(H2,8,12,16)(H2,9,13,17). The Labute approximate surface area is 94.7 Å². The maximum absolute atomic E-state index is 11.0. The first-order valence-corrected chi connectivity index (χ1v) is 4.10. The van der Waals surface area contributed by atoms with Crippen LogP contribution in [0.1, 0.15) is 6.42 Å². The van der Waals surface area contributed by atoms with Crippen molar-refractivity contribution in [2.45, 2.75) is 6.42 Å². The molecule has 0 atom stereocenters. The van der Waals surface area contributed by atoms with Gasteiger partial charge in [0, 0.05) is 0 Å². The van der Waals surface area contributed by atoms with Crippen molar-refractivity contribution in [3.8, 4) is 0 Å². The average molecular weight is 248 g/mol. The first-order chi connectivity index (χ1) is 7.99. The summed E-state index contributed by atoms with van der Waals surface area (Å²) in [6.07, 6.45) is -0.629. The molecule has 96 valence electrons. The minimum Gasteiger partial charge on any atom is -0.275 e. The average Bonchev–Trinajstić information content (AvgIpc) is 2.32.